The van der Waals surface area contributed by atoms with Gasteiger partial charge in [-0.1, -0.05) is 30.3 Å². The number of hydrogen-bond donors (Lipinski definition) is 2. The zero-order chi connectivity index (χ0) is 16.9. The van der Waals surface area contributed by atoms with Gasteiger partial charge in [0, 0.05) is 0 Å². The SMILES string of the molecule is O=C(CS(=O)(=O)CCCc1ccccc1)NC1(C(=O)O)CCC1. The van der Waals surface area contributed by atoms with Gasteiger partial charge in [0.25, 0.3) is 0 Å². The topological polar surface area (TPSA) is 101 Å². The number of carbonyl (C=O) groups excluding carboxylic acids is 1. The number of carboxylic acids is 1. The van der Waals surface area contributed by atoms with E-state index in [1.165, 1.54) is 0 Å². The first-order chi connectivity index (χ1) is 10.8. The highest BCUT2D eigenvalue weighted by Crippen LogP contribution is 2.31. The number of benzene rings is 1. The van der Waals surface area contributed by atoms with E-state index in [9.17, 15) is 18.0 Å². The van der Waals surface area contributed by atoms with Gasteiger partial charge in [-0.2, -0.15) is 0 Å². The Morgan fingerprint density at radius 2 is 1.83 bits per heavy atom. The molecule has 1 saturated carbocycles. The second kappa shape index (κ2) is 7.12. The maximum atomic E-state index is 12.0. The summed E-state index contributed by atoms with van der Waals surface area (Å²) in [6.45, 7) is 0. The lowest BCUT2D eigenvalue weighted by molar-refractivity contribution is -0.151. The first kappa shape index (κ1) is 17.5. The van der Waals surface area contributed by atoms with Crippen LogP contribution in [0.1, 0.15) is 31.2 Å². The minimum Gasteiger partial charge on any atom is -0.480 e. The number of aryl methyl sites for hydroxylation is 1. The Bertz CT molecular complexity index is 665. The predicted molar refractivity (Wildman–Crippen MR) is 85.8 cm³/mol. The third kappa shape index (κ3) is 4.79. The van der Waals surface area contributed by atoms with Crippen LogP contribution in [0.5, 0.6) is 0 Å². The molecule has 2 N–H and O–H groups in total. The number of hydrogen-bond acceptors (Lipinski definition) is 4. The van der Waals surface area contributed by atoms with Gasteiger partial charge >= 0.3 is 5.97 Å². The second-order valence-corrected chi connectivity index (χ2v) is 8.15. The molecule has 1 aromatic rings. The Morgan fingerprint density at radius 1 is 1.17 bits per heavy atom. The van der Waals surface area contributed by atoms with Crippen molar-refractivity contribution >= 4 is 21.7 Å². The Morgan fingerprint density at radius 3 is 2.35 bits per heavy atom. The predicted octanol–water partition coefficient (Wildman–Crippen LogP) is 1.16. The van der Waals surface area contributed by atoms with E-state index in [1.807, 2.05) is 30.3 Å². The average Bonchev–Trinajstić information content (AvgIpc) is 2.43. The van der Waals surface area contributed by atoms with Crippen molar-refractivity contribution in [3.63, 3.8) is 0 Å². The van der Waals surface area contributed by atoms with Gasteiger partial charge in [0.2, 0.25) is 5.91 Å². The molecule has 0 atom stereocenters. The molecule has 0 bridgehead atoms. The molecule has 1 fully saturated rings. The first-order valence-electron chi connectivity index (χ1n) is 7.62. The molecular weight excluding hydrogens is 318 g/mol. The summed E-state index contributed by atoms with van der Waals surface area (Å²) in [5.41, 5.74) is -0.220. The molecule has 0 heterocycles. The molecule has 0 spiro atoms. The fraction of sp³-hybridized carbons (Fsp3) is 0.500. The van der Waals surface area contributed by atoms with Gasteiger partial charge < -0.3 is 10.4 Å². The Balaban J connectivity index is 1.81. The molecule has 1 amide bonds. The van der Waals surface area contributed by atoms with Crippen LogP contribution in [0, 0.1) is 0 Å². The molecule has 1 aliphatic carbocycles. The van der Waals surface area contributed by atoms with Gasteiger partial charge in [-0.3, -0.25) is 4.79 Å². The summed E-state index contributed by atoms with van der Waals surface area (Å²) in [5.74, 6) is -2.57. The molecule has 6 nitrogen and oxygen atoms in total. The van der Waals surface area contributed by atoms with Crippen LogP contribution >= 0.6 is 0 Å². The van der Waals surface area contributed by atoms with Crippen molar-refractivity contribution in [2.24, 2.45) is 0 Å². The monoisotopic (exact) mass is 339 g/mol. The number of sulfone groups is 1. The summed E-state index contributed by atoms with van der Waals surface area (Å²) >= 11 is 0. The van der Waals surface area contributed by atoms with Gasteiger partial charge in [-0.05, 0) is 37.7 Å². The van der Waals surface area contributed by atoms with E-state index in [4.69, 9.17) is 5.11 Å². The van der Waals surface area contributed by atoms with E-state index in [2.05, 4.69) is 5.32 Å². The number of nitrogens with one attached hydrogen (secondary N) is 1. The molecule has 2 rings (SSSR count). The largest absolute Gasteiger partial charge is 0.480 e. The second-order valence-electron chi connectivity index (χ2n) is 5.97. The van der Waals surface area contributed by atoms with Gasteiger partial charge in [-0.25, -0.2) is 13.2 Å². The smallest absolute Gasteiger partial charge is 0.329 e. The molecule has 0 radical (unpaired) electrons. The van der Waals surface area contributed by atoms with Crippen molar-refractivity contribution in [1.29, 1.82) is 0 Å². The fourth-order valence-corrected chi connectivity index (χ4v) is 3.84. The van der Waals surface area contributed by atoms with Crippen molar-refractivity contribution < 1.29 is 23.1 Å². The molecule has 0 unspecified atom stereocenters. The van der Waals surface area contributed by atoms with Crippen LogP contribution < -0.4 is 5.32 Å². The summed E-state index contributed by atoms with van der Waals surface area (Å²) < 4.78 is 24.0. The van der Waals surface area contributed by atoms with Gasteiger partial charge in [-0.15, -0.1) is 0 Å². The summed E-state index contributed by atoms with van der Waals surface area (Å²) in [6, 6.07) is 9.52. The number of aliphatic carboxylic acids is 1. The number of carboxylic acid groups (broad SMARTS) is 1. The maximum absolute atomic E-state index is 12.0. The minimum absolute atomic E-state index is 0.0879. The summed E-state index contributed by atoms with van der Waals surface area (Å²) in [6.07, 6.45) is 2.48. The van der Waals surface area contributed by atoms with Crippen molar-refractivity contribution in [2.45, 2.75) is 37.6 Å². The van der Waals surface area contributed by atoms with Crippen LogP contribution in [0.2, 0.25) is 0 Å². The van der Waals surface area contributed by atoms with Crippen LogP contribution in [0.15, 0.2) is 30.3 Å². The molecule has 0 saturated heterocycles. The van der Waals surface area contributed by atoms with E-state index in [0.717, 1.165) is 12.0 Å². The maximum Gasteiger partial charge on any atom is 0.329 e. The van der Waals surface area contributed by atoms with Crippen molar-refractivity contribution in [2.75, 3.05) is 11.5 Å². The zero-order valence-electron chi connectivity index (χ0n) is 12.8. The Labute approximate surface area is 135 Å². The molecule has 1 aromatic carbocycles. The third-order valence-corrected chi connectivity index (χ3v) is 5.72. The Kier molecular flexibility index (Phi) is 5.41. The molecule has 1 aliphatic rings. The minimum atomic E-state index is -3.54. The molecule has 126 valence electrons. The highest BCUT2D eigenvalue weighted by atomic mass is 32.2. The zero-order valence-corrected chi connectivity index (χ0v) is 13.6. The van der Waals surface area contributed by atoms with E-state index in [-0.39, 0.29) is 5.75 Å². The lowest BCUT2D eigenvalue weighted by Crippen LogP contribution is -2.60. The van der Waals surface area contributed by atoms with Crippen LogP contribution in [-0.2, 0) is 25.8 Å². The lowest BCUT2D eigenvalue weighted by Gasteiger charge is -2.38. The van der Waals surface area contributed by atoms with E-state index >= 15 is 0 Å². The van der Waals surface area contributed by atoms with Gasteiger partial charge in [0.1, 0.15) is 11.3 Å². The highest BCUT2D eigenvalue weighted by molar-refractivity contribution is 7.92. The highest BCUT2D eigenvalue weighted by Gasteiger charge is 2.45. The number of carbonyl (C=O) groups is 2. The van der Waals surface area contributed by atoms with Crippen LogP contribution in [0.25, 0.3) is 0 Å². The standard InChI is InChI=1S/C16H21NO5S/c18-14(17-16(15(19)20)9-5-10-16)12-23(21,22)11-4-8-13-6-2-1-3-7-13/h1-3,6-7H,4-5,8-12H2,(H,17,18)(H,19,20). The molecular formula is C16H21NO5S. The van der Waals surface area contributed by atoms with E-state index < -0.39 is 33.0 Å². The molecule has 23 heavy (non-hydrogen) atoms. The number of amides is 1. The summed E-state index contributed by atoms with van der Waals surface area (Å²) in [7, 11) is -3.54. The van der Waals surface area contributed by atoms with E-state index in [0.29, 0.717) is 25.7 Å². The van der Waals surface area contributed by atoms with Crippen LogP contribution in [0.4, 0.5) is 0 Å². The van der Waals surface area contributed by atoms with Crippen molar-refractivity contribution in [3.8, 4) is 0 Å². The van der Waals surface area contributed by atoms with Gasteiger partial charge in [0.05, 0.1) is 5.75 Å². The fourth-order valence-electron chi connectivity index (χ4n) is 2.64. The normalized spacial score (nSPS) is 16.3. The molecule has 0 aromatic heterocycles. The summed E-state index contributed by atoms with van der Waals surface area (Å²) in [5, 5.41) is 11.5. The van der Waals surface area contributed by atoms with Crippen molar-refractivity contribution in [3.05, 3.63) is 35.9 Å². The average molecular weight is 339 g/mol. The van der Waals surface area contributed by atoms with E-state index in [1.54, 1.807) is 0 Å². The molecule has 0 aliphatic heterocycles. The first-order valence-corrected chi connectivity index (χ1v) is 9.44. The quantitative estimate of drug-likeness (QED) is 0.740. The molecule has 7 heteroatoms. The van der Waals surface area contributed by atoms with Crippen LogP contribution in [0.3, 0.4) is 0 Å². The number of rotatable bonds is 8. The third-order valence-electron chi connectivity index (χ3n) is 4.11. The Hall–Kier alpha value is -1.89. The van der Waals surface area contributed by atoms with Crippen LogP contribution in [-0.4, -0.2) is 42.4 Å². The van der Waals surface area contributed by atoms with Crippen molar-refractivity contribution in [1.82, 2.24) is 5.32 Å². The van der Waals surface area contributed by atoms with Gasteiger partial charge in [0.15, 0.2) is 9.84 Å². The summed E-state index contributed by atoms with van der Waals surface area (Å²) in [4.78, 5) is 23.0. The lowest BCUT2D eigenvalue weighted by atomic mass is 9.77.